The minimum atomic E-state index is -4.73. The van der Waals surface area contributed by atoms with Crippen LogP contribution in [0.15, 0.2) is 18.3 Å². The zero-order valence-corrected chi connectivity index (χ0v) is 15.9. The van der Waals surface area contributed by atoms with Gasteiger partial charge in [-0.25, -0.2) is 23.1 Å². The molecule has 4 rings (SSSR count). The molecule has 2 amide bonds. The van der Waals surface area contributed by atoms with Gasteiger partial charge in [-0.1, -0.05) is 11.6 Å². The Kier molecular flexibility index (Phi) is 4.42. The van der Waals surface area contributed by atoms with E-state index in [9.17, 15) is 26.7 Å². The van der Waals surface area contributed by atoms with Crippen molar-refractivity contribution >= 4 is 45.5 Å². The number of halogens is 6. The molecule has 0 saturated carbocycles. The highest BCUT2D eigenvalue weighted by Crippen LogP contribution is 2.50. The number of aromatic nitrogens is 4. The second-order valence-electron chi connectivity index (χ2n) is 6.49. The summed E-state index contributed by atoms with van der Waals surface area (Å²) < 4.78 is 71.7. The molecular formula is C15H10ClF5N6OS. The first-order valence-electron chi connectivity index (χ1n) is 7.96. The van der Waals surface area contributed by atoms with Gasteiger partial charge in [0.2, 0.25) is 0 Å². The third-order valence-electron chi connectivity index (χ3n) is 4.57. The van der Waals surface area contributed by atoms with Crippen molar-refractivity contribution in [2.75, 3.05) is 16.8 Å². The molecule has 154 valence electrons. The van der Waals surface area contributed by atoms with E-state index in [1.165, 1.54) is 6.07 Å². The molecule has 4 heterocycles. The maximum absolute atomic E-state index is 14.0. The van der Waals surface area contributed by atoms with Crippen LogP contribution >= 0.6 is 23.1 Å². The van der Waals surface area contributed by atoms with Gasteiger partial charge >= 0.3 is 12.2 Å². The lowest BCUT2D eigenvalue weighted by Gasteiger charge is -2.28. The third kappa shape index (κ3) is 3.08. The molecule has 1 aliphatic heterocycles. The molecule has 1 aliphatic rings. The summed E-state index contributed by atoms with van der Waals surface area (Å²) in [6, 6.07) is 1.31. The summed E-state index contributed by atoms with van der Waals surface area (Å²) in [5.41, 5.74) is -3.32. The van der Waals surface area contributed by atoms with E-state index >= 15 is 0 Å². The monoisotopic (exact) mass is 452 g/mol. The molecule has 0 bridgehead atoms. The van der Waals surface area contributed by atoms with Gasteiger partial charge in [0.25, 0.3) is 6.43 Å². The summed E-state index contributed by atoms with van der Waals surface area (Å²) >= 11 is 6.41. The highest BCUT2D eigenvalue weighted by Gasteiger charge is 2.60. The first-order chi connectivity index (χ1) is 13.5. The fraction of sp³-hybridized carbons (Fsp3) is 0.333. The smallest absolute Gasteiger partial charge is 0.298 e. The Morgan fingerprint density at radius 3 is 2.72 bits per heavy atom. The fourth-order valence-electron chi connectivity index (χ4n) is 3.12. The Hall–Kier alpha value is -2.54. The molecule has 1 atom stereocenters. The number of fused-ring (bicyclic) bond motifs is 3. The van der Waals surface area contributed by atoms with Gasteiger partial charge in [0.15, 0.2) is 10.8 Å². The summed E-state index contributed by atoms with van der Waals surface area (Å²) in [4.78, 5) is 17.5. The summed E-state index contributed by atoms with van der Waals surface area (Å²) in [7, 11) is 0. The van der Waals surface area contributed by atoms with Crippen molar-refractivity contribution in [1.82, 2.24) is 19.0 Å². The topological polar surface area (TPSA) is 75.4 Å². The van der Waals surface area contributed by atoms with E-state index < -0.39 is 36.3 Å². The number of carbonyl (C=O) groups is 1. The Morgan fingerprint density at radius 2 is 2.10 bits per heavy atom. The van der Waals surface area contributed by atoms with E-state index in [4.69, 9.17) is 11.6 Å². The zero-order chi connectivity index (χ0) is 21.1. The molecule has 0 spiro atoms. The standard InChI is InChI=1S/C15H10ClF5N6OS/c1-14(15(19,20)21)5-26(13(28)23-10-2-6(12(17)18)25-29-10)7-4-22-9-3-8(16)24-27(9)11(7)14/h2-4,12H,5H2,1H3,(H,23,28). The minimum absolute atomic E-state index is 0.0244. The van der Waals surface area contributed by atoms with Crippen LogP contribution in [0.3, 0.4) is 0 Å². The normalized spacial score (nSPS) is 19.2. The SMILES string of the molecule is CC1(C(F)(F)F)CN(C(=O)Nc2cc(C(F)F)ns2)c2cnc3cc(Cl)nn3c21. The molecule has 7 nitrogen and oxygen atoms in total. The molecule has 1 N–H and O–H groups in total. The van der Waals surface area contributed by atoms with Crippen molar-refractivity contribution in [2.24, 2.45) is 0 Å². The first-order valence-corrected chi connectivity index (χ1v) is 9.11. The number of carbonyl (C=O) groups excluding carboxylic acids is 1. The number of urea groups is 1. The largest absolute Gasteiger partial charge is 0.401 e. The van der Waals surface area contributed by atoms with Crippen LogP contribution in [0.2, 0.25) is 5.15 Å². The number of hydrogen-bond donors (Lipinski definition) is 1. The Bertz CT molecular complexity index is 1110. The van der Waals surface area contributed by atoms with Crippen LogP contribution in [0.5, 0.6) is 0 Å². The lowest BCUT2D eigenvalue weighted by molar-refractivity contribution is -0.181. The van der Waals surface area contributed by atoms with Gasteiger partial charge < -0.3 is 0 Å². The number of amides is 2. The Labute approximate surface area is 168 Å². The molecule has 0 aromatic carbocycles. The Morgan fingerprint density at radius 1 is 1.38 bits per heavy atom. The molecule has 3 aromatic rings. The number of anilines is 2. The molecule has 0 fully saturated rings. The second kappa shape index (κ2) is 6.49. The summed E-state index contributed by atoms with van der Waals surface area (Å²) in [6.45, 7) is 0.187. The predicted octanol–water partition coefficient (Wildman–Crippen LogP) is 4.65. The zero-order valence-electron chi connectivity index (χ0n) is 14.3. The number of nitrogens with one attached hydrogen (secondary N) is 1. The summed E-state index contributed by atoms with van der Waals surface area (Å²) in [5, 5.41) is 6.09. The van der Waals surface area contributed by atoms with E-state index in [2.05, 4.69) is 19.8 Å². The second-order valence-corrected chi connectivity index (χ2v) is 7.68. The van der Waals surface area contributed by atoms with Crippen molar-refractivity contribution in [1.29, 1.82) is 0 Å². The third-order valence-corrected chi connectivity index (χ3v) is 5.48. The van der Waals surface area contributed by atoms with Crippen LogP contribution in [-0.4, -0.2) is 37.7 Å². The van der Waals surface area contributed by atoms with Crippen LogP contribution in [0.4, 0.5) is 37.4 Å². The van der Waals surface area contributed by atoms with E-state index in [1.807, 2.05) is 0 Å². The van der Waals surface area contributed by atoms with Gasteiger partial charge in [-0.05, 0) is 18.5 Å². The average Bonchev–Trinajstić information content (AvgIpc) is 3.29. The van der Waals surface area contributed by atoms with Crippen molar-refractivity contribution in [3.63, 3.8) is 0 Å². The van der Waals surface area contributed by atoms with Gasteiger partial charge in [-0.15, -0.1) is 0 Å². The maximum Gasteiger partial charge on any atom is 0.401 e. The highest BCUT2D eigenvalue weighted by molar-refractivity contribution is 7.10. The van der Waals surface area contributed by atoms with Crippen LogP contribution in [-0.2, 0) is 5.41 Å². The van der Waals surface area contributed by atoms with E-state index in [0.29, 0.717) is 11.5 Å². The lowest BCUT2D eigenvalue weighted by Crippen LogP contribution is -2.46. The van der Waals surface area contributed by atoms with Gasteiger partial charge in [0, 0.05) is 18.7 Å². The van der Waals surface area contributed by atoms with E-state index in [-0.39, 0.29) is 27.2 Å². The van der Waals surface area contributed by atoms with Crippen molar-refractivity contribution in [2.45, 2.75) is 24.9 Å². The molecule has 3 aromatic heterocycles. The van der Waals surface area contributed by atoms with Gasteiger partial charge in [0.1, 0.15) is 16.1 Å². The maximum atomic E-state index is 14.0. The van der Waals surface area contributed by atoms with Crippen LogP contribution < -0.4 is 10.2 Å². The molecule has 0 radical (unpaired) electrons. The van der Waals surface area contributed by atoms with Gasteiger partial charge in [0.05, 0.1) is 17.6 Å². The predicted molar refractivity (Wildman–Crippen MR) is 94.8 cm³/mol. The molecule has 14 heteroatoms. The summed E-state index contributed by atoms with van der Waals surface area (Å²) in [5.74, 6) is 0. The molecule has 0 aliphatic carbocycles. The molecule has 29 heavy (non-hydrogen) atoms. The van der Waals surface area contributed by atoms with Crippen molar-refractivity contribution < 1.29 is 26.7 Å². The molecule has 0 saturated heterocycles. The summed E-state index contributed by atoms with van der Waals surface area (Å²) in [6.07, 6.45) is -6.44. The average molecular weight is 453 g/mol. The first kappa shape index (κ1) is 19.8. The molecule has 1 unspecified atom stereocenters. The van der Waals surface area contributed by atoms with Crippen molar-refractivity contribution in [3.8, 4) is 0 Å². The number of hydrogen-bond acceptors (Lipinski definition) is 5. The van der Waals surface area contributed by atoms with Crippen LogP contribution in [0, 0.1) is 0 Å². The van der Waals surface area contributed by atoms with Gasteiger partial charge in [-0.3, -0.25) is 10.2 Å². The lowest BCUT2D eigenvalue weighted by atomic mass is 9.88. The number of alkyl halides is 5. The number of rotatable bonds is 2. The van der Waals surface area contributed by atoms with Crippen LogP contribution in [0.1, 0.15) is 24.7 Å². The van der Waals surface area contributed by atoms with Gasteiger partial charge in [-0.2, -0.15) is 22.6 Å². The minimum Gasteiger partial charge on any atom is -0.298 e. The van der Waals surface area contributed by atoms with Crippen LogP contribution in [0.25, 0.3) is 5.65 Å². The Balaban J connectivity index is 1.77. The van der Waals surface area contributed by atoms with E-state index in [1.54, 1.807) is 0 Å². The fourth-order valence-corrected chi connectivity index (χ4v) is 3.93. The van der Waals surface area contributed by atoms with E-state index in [0.717, 1.165) is 28.6 Å². The highest BCUT2D eigenvalue weighted by atomic mass is 35.5. The van der Waals surface area contributed by atoms with Crippen molar-refractivity contribution in [3.05, 3.63) is 34.9 Å². The number of nitrogens with zero attached hydrogens (tertiary/aromatic N) is 5. The quantitative estimate of drug-likeness (QED) is 0.574. The molecular weight excluding hydrogens is 443 g/mol.